The van der Waals surface area contributed by atoms with Gasteiger partial charge in [0.05, 0.1) is 0 Å². The summed E-state index contributed by atoms with van der Waals surface area (Å²) in [6, 6.07) is 60.4. The zero-order valence-corrected chi connectivity index (χ0v) is 22.7. The minimum Gasteiger partial charge on any atom is -0.356 e. The number of benzene rings is 7. The first-order valence-electron chi connectivity index (χ1n) is 14.0. The zero-order valence-electron chi connectivity index (χ0n) is 22.7. The molecule has 0 atom stereocenters. The Labute approximate surface area is 241 Å². The highest BCUT2D eigenvalue weighted by Crippen LogP contribution is 2.36. The van der Waals surface area contributed by atoms with Crippen molar-refractivity contribution >= 4 is 22.1 Å². The molecule has 0 amide bonds. The van der Waals surface area contributed by atoms with Crippen molar-refractivity contribution in [2.24, 2.45) is 0 Å². The maximum Gasteiger partial charge on any atom is 0.0390 e. The number of nitrogens with one attached hydrogen (secondary N) is 1. The largest absolute Gasteiger partial charge is 0.356 e. The first kappa shape index (κ1) is 24.6. The molecule has 1 heteroatoms. The van der Waals surface area contributed by atoms with Gasteiger partial charge in [-0.05, 0) is 79.5 Å². The van der Waals surface area contributed by atoms with E-state index in [2.05, 4.69) is 175 Å². The second-order valence-corrected chi connectivity index (χ2v) is 10.3. The molecule has 194 valence electrons. The normalized spacial score (nSPS) is 10.9. The summed E-state index contributed by atoms with van der Waals surface area (Å²) in [5, 5.41) is 6.13. The topological polar surface area (TPSA) is 12.0 Å². The summed E-state index contributed by atoms with van der Waals surface area (Å²) >= 11 is 0. The van der Waals surface area contributed by atoms with Crippen LogP contribution in [0.5, 0.6) is 0 Å². The van der Waals surface area contributed by atoms with E-state index in [9.17, 15) is 0 Å². The molecule has 0 saturated heterocycles. The second-order valence-electron chi connectivity index (χ2n) is 10.3. The molecule has 0 aliphatic rings. The van der Waals surface area contributed by atoms with Gasteiger partial charge in [-0.2, -0.15) is 0 Å². The Hall–Kier alpha value is -5.40. The molecule has 0 aliphatic carbocycles. The van der Waals surface area contributed by atoms with Crippen LogP contribution in [0.2, 0.25) is 0 Å². The van der Waals surface area contributed by atoms with Gasteiger partial charge in [0.1, 0.15) is 0 Å². The minimum absolute atomic E-state index is 1.07. The fourth-order valence-corrected chi connectivity index (χ4v) is 5.58. The maximum atomic E-state index is 3.60. The van der Waals surface area contributed by atoms with Crippen LogP contribution in [0, 0.1) is 0 Å². The molecule has 0 unspecified atom stereocenters. The molecule has 0 aliphatic heterocycles. The summed E-state index contributed by atoms with van der Waals surface area (Å²) in [4.78, 5) is 0. The third kappa shape index (κ3) is 5.14. The van der Waals surface area contributed by atoms with Crippen molar-refractivity contribution in [3.05, 3.63) is 170 Å². The molecule has 1 nitrogen and oxygen atoms in total. The summed E-state index contributed by atoms with van der Waals surface area (Å²) in [6.45, 7) is 0. The van der Waals surface area contributed by atoms with Crippen molar-refractivity contribution < 1.29 is 0 Å². The van der Waals surface area contributed by atoms with Crippen molar-refractivity contribution in [2.45, 2.75) is 0 Å². The quantitative estimate of drug-likeness (QED) is 0.229. The summed E-state index contributed by atoms with van der Waals surface area (Å²) in [5.41, 5.74) is 11.9. The van der Waals surface area contributed by atoms with Crippen molar-refractivity contribution in [1.82, 2.24) is 0 Å². The number of hydrogen-bond donors (Lipinski definition) is 1. The fraction of sp³-hybridized carbons (Fsp3) is 0. The van der Waals surface area contributed by atoms with Gasteiger partial charge in [-0.25, -0.2) is 0 Å². The van der Waals surface area contributed by atoms with Crippen molar-refractivity contribution in [1.29, 1.82) is 0 Å². The lowest BCUT2D eigenvalue weighted by Crippen LogP contribution is -1.91. The molecule has 0 saturated carbocycles. The lowest BCUT2D eigenvalue weighted by Gasteiger charge is -2.13. The van der Waals surface area contributed by atoms with E-state index in [4.69, 9.17) is 0 Å². The van der Waals surface area contributed by atoms with E-state index in [1.165, 1.54) is 55.3 Å². The lowest BCUT2D eigenvalue weighted by atomic mass is 9.92. The molecule has 41 heavy (non-hydrogen) atoms. The first-order chi connectivity index (χ1) is 20.3. The fourth-order valence-electron chi connectivity index (χ4n) is 5.58. The predicted octanol–water partition coefficient (Wildman–Crippen LogP) is 11.3. The van der Waals surface area contributed by atoms with Gasteiger partial charge in [0, 0.05) is 11.4 Å². The SMILES string of the molecule is c1ccc(-c2ccc(-c3cccc(Nc4ccc(-c5ccc(-c6ccccc6)c6ccccc56)cc4)c3)cc2)cc1. The molecule has 0 bridgehead atoms. The highest BCUT2D eigenvalue weighted by Gasteiger charge is 2.09. The Morgan fingerprint density at radius 1 is 0.268 bits per heavy atom. The molecule has 0 radical (unpaired) electrons. The van der Waals surface area contributed by atoms with Gasteiger partial charge in [0.25, 0.3) is 0 Å². The third-order valence-corrected chi connectivity index (χ3v) is 7.68. The molecule has 0 spiro atoms. The van der Waals surface area contributed by atoms with E-state index in [1.54, 1.807) is 0 Å². The highest BCUT2D eigenvalue weighted by molar-refractivity contribution is 6.05. The Balaban J connectivity index is 1.13. The second kappa shape index (κ2) is 11.0. The Bertz CT molecular complexity index is 1920. The molecule has 7 rings (SSSR count). The van der Waals surface area contributed by atoms with Crippen LogP contribution in [0.25, 0.3) is 55.3 Å². The van der Waals surface area contributed by atoms with E-state index < -0.39 is 0 Å². The van der Waals surface area contributed by atoms with Crippen molar-refractivity contribution in [3.63, 3.8) is 0 Å². The van der Waals surface area contributed by atoms with Crippen LogP contribution in [-0.2, 0) is 0 Å². The van der Waals surface area contributed by atoms with E-state index in [1.807, 2.05) is 0 Å². The molecule has 7 aromatic carbocycles. The van der Waals surface area contributed by atoms with Gasteiger partial charge in [-0.1, -0.05) is 146 Å². The van der Waals surface area contributed by atoms with Crippen LogP contribution in [0.3, 0.4) is 0 Å². The highest BCUT2D eigenvalue weighted by atomic mass is 14.9. The van der Waals surface area contributed by atoms with Gasteiger partial charge < -0.3 is 5.32 Å². The smallest absolute Gasteiger partial charge is 0.0390 e. The maximum absolute atomic E-state index is 3.60. The van der Waals surface area contributed by atoms with Gasteiger partial charge in [0.15, 0.2) is 0 Å². The number of fused-ring (bicyclic) bond motifs is 1. The number of rotatable bonds is 6. The van der Waals surface area contributed by atoms with E-state index in [0.29, 0.717) is 0 Å². The van der Waals surface area contributed by atoms with Crippen LogP contribution in [0.1, 0.15) is 0 Å². The molecular weight excluding hydrogens is 494 g/mol. The van der Waals surface area contributed by atoms with E-state index in [0.717, 1.165) is 11.4 Å². The van der Waals surface area contributed by atoms with Gasteiger partial charge in [-0.15, -0.1) is 0 Å². The number of hydrogen-bond acceptors (Lipinski definition) is 1. The predicted molar refractivity (Wildman–Crippen MR) is 175 cm³/mol. The molecule has 0 aromatic heterocycles. The molecule has 1 N–H and O–H groups in total. The number of anilines is 2. The average Bonchev–Trinajstić information content (AvgIpc) is 3.06. The van der Waals surface area contributed by atoms with E-state index >= 15 is 0 Å². The Kier molecular flexibility index (Phi) is 6.61. The summed E-state index contributed by atoms with van der Waals surface area (Å²) < 4.78 is 0. The van der Waals surface area contributed by atoms with Crippen molar-refractivity contribution in [3.8, 4) is 44.5 Å². The molecular formula is C40H29N. The average molecular weight is 524 g/mol. The zero-order chi connectivity index (χ0) is 27.4. The summed E-state index contributed by atoms with van der Waals surface area (Å²) in [7, 11) is 0. The van der Waals surface area contributed by atoms with Crippen LogP contribution in [0.4, 0.5) is 11.4 Å². The Morgan fingerprint density at radius 3 is 1.32 bits per heavy atom. The minimum atomic E-state index is 1.07. The van der Waals surface area contributed by atoms with Crippen LogP contribution in [-0.4, -0.2) is 0 Å². The summed E-state index contributed by atoms with van der Waals surface area (Å²) in [5.74, 6) is 0. The van der Waals surface area contributed by atoms with Crippen LogP contribution in [0.15, 0.2) is 170 Å². The van der Waals surface area contributed by atoms with Gasteiger partial charge in [0.2, 0.25) is 0 Å². The standard InChI is InChI=1S/C40H29N/c1-3-10-29(11-4-1)30-18-20-31(21-19-30)34-14-9-15-36(28-34)41-35-24-22-33(23-25-35)38-27-26-37(32-12-5-2-6-13-32)39-16-7-8-17-40(38)39/h1-28,41H. The molecule has 0 fully saturated rings. The monoisotopic (exact) mass is 523 g/mol. The van der Waals surface area contributed by atoms with Gasteiger partial charge >= 0.3 is 0 Å². The third-order valence-electron chi connectivity index (χ3n) is 7.68. The molecule has 7 aromatic rings. The van der Waals surface area contributed by atoms with E-state index in [-0.39, 0.29) is 0 Å². The van der Waals surface area contributed by atoms with Gasteiger partial charge in [-0.3, -0.25) is 0 Å². The Morgan fingerprint density at radius 2 is 0.707 bits per heavy atom. The van der Waals surface area contributed by atoms with Crippen LogP contribution < -0.4 is 5.32 Å². The molecule has 0 heterocycles. The van der Waals surface area contributed by atoms with Crippen LogP contribution >= 0.6 is 0 Å². The first-order valence-corrected chi connectivity index (χ1v) is 14.0. The lowest BCUT2D eigenvalue weighted by molar-refractivity contribution is 1.53. The van der Waals surface area contributed by atoms with Crippen molar-refractivity contribution in [2.75, 3.05) is 5.32 Å². The summed E-state index contributed by atoms with van der Waals surface area (Å²) in [6.07, 6.45) is 0.